The first kappa shape index (κ1) is 43.8. The second kappa shape index (κ2) is 17.0. The number of hydrogen-bond acceptors (Lipinski definition) is 3. The van der Waals surface area contributed by atoms with Gasteiger partial charge in [-0.25, -0.2) is 4.85 Å². The van der Waals surface area contributed by atoms with Crippen molar-refractivity contribution in [1.82, 2.24) is 0 Å². The molecule has 0 amide bonds. The highest BCUT2D eigenvalue weighted by molar-refractivity contribution is 6.23. The Labute approximate surface area is 427 Å². The van der Waals surface area contributed by atoms with Crippen LogP contribution in [0.25, 0.3) is 59.4 Å². The van der Waals surface area contributed by atoms with Crippen LogP contribution in [0.15, 0.2) is 218 Å². The fraction of sp³-hybridized carbons (Fsp3) is 0.101. The van der Waals surface area contributed by atoms with E-state index in [1.54, 1.807) is 0 Å². The zero-order valence-electron chi connectivity index (χ0n) is 41.2. The molecule has 4 nitrogen and oxygen atoms in total. The van der Waals surface area contributed by atoms with Gasteiger partial charge < -0.3 is 9.80 Å². The Morgan fingerprint density at radius 1 is 0.425 bits per heavy atom. The zero-order chi connectivity index (χ0) is 49.5. The molecule has 346 valence electrons. The molecule has 2 aliphatic rings. The molecule has 0 heterocycles. The number of nitrogens with zero attached hydrogens (tertiary/aromatic N) is 4. The molecule has 1 spiro atoms. The third-order valence-corrected chi connectivity index (χ3v) is 15.6. The van der Waals surface area contributed by atoms with E-state index in [2.05, 4.69) is 243 Å². The summed E-state index contributed by atoms with van der Waals surface area (Å²) >= 11 is 0. The van der Waals surface area contributed by atoms with Crippen molar-refractivity contribution in [3.63, 3.8) is 0 Å². The Morgan fingerprint density at radius 3 is 1.45 bits per heavy atom. The SMILES string of the molecule is [C-]#[N+]c1ccc(N(c2ccc(C(C)C)cc2)c2ccc3c4c(c5ccccc5c3c2)-c2cc(N(c3ccc(C#N)cc3)c3ccc(C(C)C)cc3)c3ccccc3c2C42c3ccccc3-c3ccccc32)cc1. The second-order valence-corrected chi connectivity index (χ2v) is 20.2. The van der Waals surface area contributed by atoms with Crippen LogP contribution in [-0.2, 0) is 5.41 Å². The second-order valence-electron chi connectivity index (χ2n) is 20.2. The number of hydrogen-bond donors (Lipinski definition) is 0. The molecule has 11 aromatic rings. The number of fused-ring (bicyclic) bond motifs is 17. The first-order chi connectivity index (χ1) is 35.8. The van der Waals surface area contributed by atoms with Gasteiger partial charge in [0.2, 0.25) is 0 Å². The molecule has 73 heavy (non-hydrogen) atoms. The highest BCUT2D eigenvalue weighted by Crippen LogP contribution is 2.67. The molecule has 0 saturated carbocycles. The van der Waals surface area contributed by atoms with Crippen LogP contribution in [0, 0.1) is 17.9 Å². The molecule has 0 N–H and O–H groups in total. The van der Waals surface area contributed by atoms with E-state index in [0.717, 1.165) is 39.5 Å². The minimum absolute atomic E-state index is 0.388. The van der Waals surface area contributed by atoms with E-state index in [4.69, 9.17) is 6.57 Å². The van der Waals surface area contributed by atoms with E-state index in [1.807, 2.05) is 24.3 Å². The van der Waals surface area contributed by atoms with Gasteiger partial charge in [-0.15, -0.1) is 0 Å². The van der Waals surface area contributed by atoms with Gasteiger partial charge in [0, 0.05) is 33.8 Å². The minimum Gasteiger partial charge on any atom is -0.311 e. The van der Waals surface area contributed by atoms with E-state index in [0.29, 0.717) is 23.1 Å². The third kappa shape index (κ3) is 6.58. The highest BCUT2D eigenvalue weighted by atomic mass is 15.1. The van der Waals surface area contributed by atoms with Crippen LogP contribution in [0.1, 0.15) is 78.5 Å². The standard InChI is InChI=1S/C69H50N4/c1-43(2)46-24-32-49(33-25-46)72(50-36-28-48(71-5)29-37-50)53-38-39-60-61(40-53)54-14-6-8-18-58(54)66-62-41-65(73(51-30-22-45(42-70)23-31-51)52-34-26-47(27-35-52)44(3)4)57-17-7-9-19-59(57)67(62)69(68(60)66)63-20-12-10-15-55(63)56-16-11-13-21-64(56)69/h6-41,43-44H,1-4H3. The van der Waals surface area contributed by atoms with E-state index in [1.165, 1.54) is 82.6 Å². The molecule has 0 bridgehead atoms. The zero-order valence-corrected chi connectivity index (χ0v) is 41.2. The van der Waals surface area contributed by atoms with Crippen LogP contribution < -0.4 is 9.80 Å². The molecule has 13 rings (SSSR count). The molecular weight excluding hydrogens is 885 g/mol. The van der Waals surface area contributed by atoms with Gasteiger partial charge in [-0.3, -0.25) is 0 Å². The minimum atomic E-state index is -0.681. The largest absolute Gasteiger partial charge is 0.311 e. The monoisotopic (exact) mass is 934 g/mol. The predicted octanol–water partition coefficient (Wildman–Crippen LogP) is 19.1. The number of nitriles is 1. The Hall–Kier alpha value is -9.22. The van der Waals surface area contributed by atoms with E-state index in [9.17, 15) is 5.26 Å². The molecule has 0 saturated heterocycles. The van der Waals surface area contributed by atoms with Gasteiger partial charge >= 0.3 is 0 Å². The van der Waals surface area contributed by atoms with E-state index >= 15 is 0 Å². The van der Waals surface area contributed by atoms with Crippen LogP contribution in [-0.4, -0.2) is 0 Å². The van der Waals surface area contributed by atoms with Crippen molar-refractivity contribution in [2.24, 2.45) is 0 Å². The van der Waals surface area contributed by atoms with Crippen molar-refractivity contribution in [3.8, 4) is 28.3 Å². The maximum absolute atomic E-state index is 9.94. The summed E-state index contributed by atoms with van der Waals surface area (Å²) in [5, 5.41) is 17.0. The van der Waals surface area contributed by atoms with Crippen molar-refractivity contribution in [2.45, 2.75) is 44.9 Å². The van der Waals surface area contributed by atoms with Crippen molar-refractivity contribution < 1.29 is 0 Å². The molecule has 0 fully saturated rings. The Kier molecular flexibility index (Phi) is 10.2. The van der Waals surface area contributed by atoms with Crippen molar-refractivity contribution >= 4 is 72.1 Å². The molecular formula is C69H50N4. The van der Waals surface area contributed by atoms with Crippen molar-refractivity contribution in [1.29, 1.82) is 5.26 Å². The highest BCUT2D eigenvalue weighted by Gasteiger charge is 2.54. The molecule has 0 atom stereocenters. The van der Waals surface area contributed by atoms with Gasteiger partial charge in [0.1, 0.15) is 0 Å². The molecule has 0 unspecified atom stereocenters. The average Bonchev–Trinajstić information content (AvgIpc) is 3.94. The van der Waals surface area contributed by atoms with Crippen molar-refractivity contribution in [2.75, 3.05) is 9.80 Å². The Bertz CT molecular complexity index is 4050. The molecule has 0 radical (unpaired) electrons. The third-order valence-electron chi connectivity index (χ3n) is 15.6. The summed E-state index contributed by atoms with van der Waals surface area (Å²) in [4.78, 5) is 8.45. The summed E-state index contributed by atoms with van der Waals surface area (Å²) in [5.41, 5.74) is 19.4. The van der Waals surface area contributed by atoms with Crippen molar-refractivity contribution in [3.05, 3.63) is 269 Å². The van der Waals surface area contributed by atoms with E-state index in [-0.39, 0.29) is 0 Å². The van der Waals surface area contributed by atoms with Crippen LogP contribution in [0.5, 0.6) is 0 Å². The molecule has 11 aromatic carbocycles. The first-order valence-electron chi connectivity index (χ1n) is 25.3. The first-order valence-corrected chi connectivity index (χ1v) is 25.3. The van der Waals surface area contributed by atoms with Crippen LogP contribution in [0.3, 0.4) is 0 Å². The summed E-state index contributed by atoms with van der Waals surface area (Å²) in [6.45, 7) is 16.7. The summed E-state index contributed by atoms with van der Waals surface area (Å²) in [5.74, 6) is 0.791. The lowest BCUT2D eigenvalue weighted by Crippen LogP contribution is -2.26. The average molecular weight is 935 g/mol. The van der Waals surface area contributed by atoms with Gasteiger partial charge in [-0.1, -0.05) is 167 Å². The molecule has 0 aromatic heterocycles. The smallest absolute Gasteiger partial charge is 0.187 e. The van der Waals surface area contributed by atoms with Crippen LogP contribution >= 0.6 is 0 Å². The Balaban J connectivity index is 1.16. The number of anilines is 6. The van der Waals surface area contributed by atoms with Gasteiger partial charge in [-0.05, 0) is 173 Å². The quantitative estimate of drug-likeness (QED) is 0.112. The maximum Gasteiger partial charge on any atom is 0.187 e. The van der Waals surface area contributed by atoms with Crippen LogP contribution in [0.2, 0.25) is 0 Å². The lowest BCUT2D eigenvalue weighted by molar-refractivity contribution is 0.809. The van der Waals surface area contributed by atoms with Gasteiger partial charge in [0.15, 0.2) is 5.69 Å². The fourth-order valence-electron chi connectivity index (χ4n) is 12.3. The fourth-order valence-corrected chi connectivity index (χ4v) is 12.3. The molecule has 0 aliphatic heterocycles. The number of rotatable bonds is 8. The molecule has 2 aliphatic carbocycles. The summed E-state index contributed by atoms with van der Waals surface area (Å²) in [6.07, 6.45) is 0. The van der Waals surface area contributed by atoms with Gasteiger partial charge in [-0.2, -0.15) is 5.26 Å². The Morgan fingerprint density at radius 2 is 0.890 bits per heavy atom. The molecule has 4 heteroatoms. The van der Waals surface area contributed by atoms with Gasteiger partial charge in [0.25, 0.3) is 0 Å². The normalized spacial score (nSPS) is 12.7. The van der Waals surface area contributed by atoms with Gasteiger partial charge in [0.05, 0.1) is 29.3 Å². The predicted molar refractivity (Wildman–Crippen MR) is 304 cm³/mol. The lowest BCUT2D eigenvalue weighted by Gasteiger charge is -2.34. The van der Waals surface area contributed by atoms with E-state index < -0.39 is 5.41 Å². The van der Waals surface area contributed by atoms with Crippen LogP contribution in [0.4, 0.5) is 39.8 Å². The maximum atomic E-state index is 9.94. The number of benzene rings is 11. The topological polar surface area (TPSA) is 34.6 Å². The lowest BCUT2D eigenvalue weighted by atomic mass is 9.68. The summed E-state index contributed by atoms with van der Waals surface area (Å²) < 4.78 is 0. The summed E-state index contributed by atoms with van der Waals surface area (Å²) in [7, 11) is 0. The summed E-state index contributed by atoms with van der Waals surface area (Å²) in [6, 6.07) is 82.0.